The van der Waals surface area contributed by atoms with Crippen molar-refractivity contribution in [1.29, 1.82) is 0 Å². The smallest absolute Gasteiger partial charge is 0.242 e. The molecule has 1 unspecified atom stereocenters. The van der Waals surface area contributed by atoms with E-state index in [0.717, 1.165) is 0 Å². The number of rotatable bonds is 14. The van der Waals surface area contributed by atoms with Crippen LogP contribution in [-0.2, 0) is 24.0 Å². The van der Waals surface area contributed by atoms with Crippen LogP contribution in [0.2, 0.25) is 0 Å². The van der Waals surface area contributed by atoms with Crippen molar-refractivity contribution in [1.82, 2.24) is 10.2 Å². The minimum Gasteiger partial charge on any atom is -0.346 e. The summed E-state index contributed by atoms with van der Waals surface area (Å²) < 4.78 is 0. The Bertz CT molecular complexity index is 653. The minimum absolute atomic E-state index is 0.0408. The number of carbonyl (C=O) groups is 5. The van der Waals surface area contributed by atoms with Crippen LogP contribution in [0.25, 0.3) is 0 Å². The van der Waals surface area contributed by atoms with Crippen LogP contribution in [0.3, 0.4) is 0 Å². The van der Waals surface area contributed by atoms with E-state index in [9.17, 15) is 24.0 Å². The van der Waals surface area contributed by atoms with Crippen molar-refractivity contribution in [2.45, 2.75) is 83.6 Å². The normalized spacial score (nSPS) is 18.6. The molecule has 3 atom stereocenters. The van der Waals surface area contributed by atoms with Crippen LogP contribution in [0.5, 0.6) is 0 Å². The molecule has 1 heterocycles. The van der Waals surface area contributed by atoms with E-state index in [4.69, 9.17) is 5.73 Å². The molecule has 1 aliphatic rings. The summed E-state index contributed by atoms with van der Waals surface area (Å²) in [5.41, 5.74) is 5.79. The number of imide groups is 1. The zero-order chi connectivity index (χ0) is 22.8. The maximum Gasteiger partial charge on any atom is 0.242 e. The molecule has 3 amide bonds. The summed E-state index contributed by atoms with van der Waals surface area (Å²) in [5, 5.41) is 2.29. The van der Waals surface area contributed by atoms with Crippen molar-refractivity contribution in [3.63, 3.8) is 0 Å². The van der Waals surface area contributed by atoms with Gasteiger partial charge in [0.15, 0.2) is 5.78 Å². The van der Waals surface area contributed by atoms with E-state index < -0.39 is 17.3 Å². The van der Waals surface area contributed by atoms with Crippen molar-refractivity contribution in [2.75, 3.05) is 12.3 Å². The second-order valence-corrected chi connectivity index (χ2v) is 9.28. The first-order chi connectivity index (χ1) is 14.1. The highest BCUT2D eigenvalue weighted by atomic mass is 32.2. The van der Waals surface area contributed by atoms with Crippen LogP contribution in [0.4, 0.5) is 0 Å². The molecule has 0 aromatic heterocycles. The summed E-state index contributed by atoms with van der Waals surface area (Å²) in [7, 11) is 0. The monoisotopic (exact) mass is 441 g/mol. The lowest BCUT2D eigenvalue weighted by Gasteiger charge is -2.19. The number of nitrogens with two attached hydrogens (primary N) is 1. The van der Waals surface area contributed by atoms with E-state index in [2.05, 4.69) is 5.32 Å². The van der Waals surface area contributed by atoms with Gasteiger partial charge in [0, 0.05) is 31.6 Å². The molecule has 0 saturated carbocycles. The van der Waals surface area contributed by atoms with Crippen LogP contribution >= 0.6 is 11.8 Å². The summed E-state index contributed by atoms with van der Waals surface area (Å²) in [6, 6.07) is -1.08. The second kappa shape index (κ2) is 12.8. The molecule has 8 nitrogen and oxygen atoms in total. The van der Waals surface area contributed by atoms with Crippen molar-refractivity contribution in [2.24, 2.45) is 11.7 Å². The highest BCUT2D eigenvalue weighted by Gasteiger charge is 2.38. The van der Waals surface area contributed by atoms with E-state index in [1.807, 2.05) is 13.8 Å². The van der Waals surface area contributed by atoms with Crippen molar-refractivity contribution < 1.29 is 24.0 Å². The lowest BCUT2D eigenvalue weighted by Crippen LogP contribution is -2.43. The Kier molecular flexibility index (Phi) is 11.3. The first-order valence-electron chi connectivity index (χ1n) is 10.6. The number of likely N-dealkylation sites (tertiary alicyclic amines) is 1. The number of Topliss-reactive ketones (excluding diaryl/α,β-unsaturated/α-hetero) is 2. The zero-order valence-corrected chi connectivity index (χ0v) is 19.3. The summed E-state index contributed by atoms with van der Waals surface area (Å²) in [4.78, 5) is 61.0. The van der Waals surface area contributed by atoms with Gasteiger partial charge in [-0.15, -0.1) is 11.8 Å². The molecule has 0 bridgehead atoms. The third-order valence-corrected chi connectivity index (χ3v) is 6.47. The molecule has 1 fully saturated rings. The molecule has 9 heteroatoms. The van der Waals surface area contributed by atoms with Crippen LogP contribution in [0.15, 0.2) is 0 Å². The molecule has 0 aromatic carbocycles. The fourth-order valence-corrected chi connectivity index (χ4v) is 4.46. The Morgan fingerprint density at radius 2 is 1.87 bits per heavy atom. The zero-order valence-electron chi connectivity index (χ0n) is 18.4. The number of nitrogens with zero attached hydrogens (tertiary/aromatic N) is 1. The van der Waals surface area contributed by atoms with Gasteiger partial charge in [-0.05, 0) is 25.7 Å². The van der Waals surface area contributed by atoms with Gasteiger partial charge in [-0.2, -0.15) is 0 Å². The van der Waals surface area contributed by atoms with Gasteiger partial charge in [-0.3, -0.25) is 28.9 Å². The van der Waals surface area contributed by atoms with Gasteiger partial charge in [0.2, 0.25) is 17.7 Å². The number of nitrogens with one attached hydrogen (secondary N) is 1. The van der Waals surface area contributed by atoms with Crippen LogP contribution in [0.1, 0.15) is 66.2 Å². The number of unbranched alkanes of at least 4 members (excludes halogenated alkanes) is 2. The molecule has 0 radical (unpaired) electrons. The first-order valence-corrected chi connectivity index (χ1v) is 11.7. The second-order valence-electron chi connectivity index (χ2n) is 8.05. The van der Waals surface area contributed by atoms with Gasteiger partial charge in [-0.25, -0.2) is 0 Å². The fraction of sp³-hybridized carbons (Fsp3) is 0.762. The average molecular weight is 442 g/mol. The molecule has 3 N–H and O–H groups in total. The predicted molar refractivity (Wildman–Crippen MR) is 117 cm³/mol. The van der Waals surface area contributed by atoms with Crippen molar-refractivity contribution >= 4 is 41.0 Å². The van der Waals surface area contributed by atoms with Crippen molar-refractivity contribution in [3.05, 3.63) is 0 Å². The van der Waals surface area contributed by atoms with Gasteiger partial charge < -0.3 is 11.1 Å². The molecule has 0 aromatic rings. The molecule has 0 aliphatic carbocycles. The van der Waals surface area contributed by atoms with E-state index in [1.165, 1.54) is 23.6 Å². The van der Waals surface area contributed by atoms with Crippen LogP contribution in [-0.4, -0.2) is 63.8 Å². The van der Waals surface area contributed by atoms with Gasteiger partial charge in [0.25, 0.3) is 0 Å². The highest BCUT2D eigenvalue weighted by Crippen LogP contribution is 2.26. The Hall–Kier alpha value is -1.74. The maximum atomic E-state index is 12.5. The number of ketones is 2. The van der Waals surface area contributed by atoms with Gasteiger partial charge in [0.05, 0.1) is 17.3 Å². The molecule has 1 rings (SSSR count). The van der Waals surface area contributed by atoms with Crippen molar-refractivity contribution in [3.8, 4) is 0 Å². The topological polar surface area (TPSA) is 127 Å². The first kappa shape index (κ1) is 26.3. The van der Waals surface area contributed by atoms with E-state index in [-0.39, 0.29) is 41.6 Å². The molecule has 170 valence electrons. The number of amides is 3. The number of hydrogen-bond acceptors (Lipinski definition) is 7. The molecule has 1 aliphatic heterocycles. The summed E-state index contributed by atoms with van der Waals surface area (Å²) in [6.07, 6.45) is 2.74. The largest absolute Gasteiger partial charge is 0.346 e. The SMILES string of the molecule is CCC(=O)[C@@H](N)CSC1CC(=O)N(CCCCCC(=O)N[C@H](C(C)=O)C(C)C)C1=O. The Morgan fingerprint density at radius 3 is 2.43 bits per heavy atom. The van der Waals surface area contributed by atoms with Crippen LogP contribution in [0, 0.1) is 5.92 Å². The Labute approximate surface area is 183 Å². The Balaban J connectivity index is 2.32. The number of carbonyl (C=O) groups excluding carboxylic acids is 5. The quantitative estimate of drug-likeness (QED) is 0.308. The van der Waals surface area contributed by atoms with Gasteiger partial charge in [-0.1, -0.05) is 27.2 Å². The number of hydrogen-bond donors (Lipinski definition) is 2. The molecule has 0 spiro atoms. The molecular weight excluding hydrogens is 406 g/mol. The predicted octanol–water partition coefficient (Wildman–Crippen LogP) is 1.44. The average Bonchev–Trinajstić information content (AvgIpc) is 2.95. The minimum atomic E-state index is -0.610. The van der Waals surface area contributed by atoms with E-state index >= 15 is 0 Å². The van der Waals surface area contributed by atoms with E-state index in [0.29, 0.717) is 44.4 Å². The summed E-state index contributed by atoms with van der Waals surface area (Å²) in [6.45, 7) is 7.32. The van der Waals surface area contributed by atoms with E-state index in [1.54, 1.807) is 6.92 Å². The molecule has 30 heavy (non-hydrogen) atoms. The summed E-state index contributed by atoms with van der Waals surface area (Å²) in [5.74, 6) is -0.325. The fourth-order valence-electron chi connectivity index (χ4n) is 3.31. The third-order valence-electron chi connectivity index (χ3n) is 5.15. The third kappa shape index (κ3) is 8.18. The maximum absolute atomic E-state index is 12.5. The lowest BCUT2D eigenvalue weighted by molar-refractivity contribution is -0.138. The molecular formula is C21H35N3O5S. The lowest BCUT2D eigenvalue weighted by atomic mass is 10.0. The molecule has 1 saturated heterocycles. The van der Waals surface area contributed by atoms with Gasteiger partial charge in [0.1, 0.15) is 5.78 Å². The Morgan fingerprint density at radius 1 is 1.20 bits per heavy atom. The number of thioether (sulfide) groups is 1. The standard InChI is InChI=1S/C21H35N3O5S/c1-5-16(26)15(22)12-30-17-11-19(28)24(21(17)29)10-8-6-7-9-18(27)23-20(13(2)3)14(4)25/h13,15,17,20H,5-12,22H2,1-4H3,(H,23,27)/t15-,17?,20-/m0/s1. The summed E-state index contributed by atoms with van der Waals surface area (Å²) >= 11 is 1.27. The highest BCUT2D eigenvalue weighted by molar-refractivity contribution is 8.00. The van der Waals surface area contributed by atoms with Crippen LogP contribution < -0.4 is 11.1 Å². The van der Waals surface area contributed by atoms with Gasteiger partial charge >= 0.3 is 0 Å².